The summed E-state index contributed by atoms with van der Waals surface area (Å²) in [4.78, 5) is 41.5. The molecule has 0 unspecified atom stereocenters. The fourth-order valence-electron chi connectivity index (χ4n) is 4.71. The lowest BCUT2D eigenvalue weighted by Crippen LogP contribution is -2.59. The topological polar surface area (TPSA) is 120 Å². The van der Waals surface area contributed by atoms with Gasteiger partial charge in [0, 0.05) is 41.0 Å². The number of para-hydroxylation sites is 1. The van der Waals surface area contributed by atoms with Gasteiger partial charge in [0.1, 0.15) is 11.8 Å². The van der Waals surface area contributed by atoms with Crippen molar-refractivity contribution in [3.8, 4) is 5.75 Å². The number of ether oxygens (including phenoxy) is 1. The normalized spacial score (nSPS) is 25.4. The second kappa shape index (κ2) is 16.8. The molecule has 1 heterocycles. The van der Waals surface area contributed by atoms with Gasteiger partial charge < -0.3 is 30.7 Å². The maximum absolute atomic E-state index is 14.3. The van der Waals surface area contributed by atoms with Crippen LogP contribution in [0.5, 0.6) is 5.75 Å². The van der Waals surface area contributed by atoms with Crippen LogP contribution in [0.15, 0.2) is 78.9 Å². The second-order valence-electron chi connectivity index (χ2n) is 10.8. The van der Waals surface area contributed by atoms with E-state index in [1.165, 1.54) is 68.4 Å². The first-order valence-corrected chi connectivity index (χ1v) is 14.6. The van der Waals surface area contributed by atoms with Gasteiger partial charge in [0.15, 0.2) is 6.61 Å². The molecule has 4 N–H and O–H groups in total. The van der Waals surface area contributed by atoms with E-state index in [1.54, 1.807) is 17.4 Å². The number of aryl methyl sites for hydroxylation is 2. The molecule has 246 valence electrons. The predicted molar refractivity (Wildman–Crippen MR) is 180 cm³/mol. The zero-order valence-electron chi connectivity index (χ0n) is 41.3. The highest BCUT2D eigenvalue weighted by Gasteiger charge is 2.35. The molecule has 1 fully saturated rings. The number of urea groups is 1. The molecule has 3 aromatic rings. The van der Waals surface area contributed by atoms with Gasteiger partial charge >= 0.3 is 6.03 Å². The maximum atomic E-state index is 14.3. The molecule has 0 aromatic heterocycles. The van der Waals surface area contributed by atoms with Crippen LogP contribution in [-0.2, 0) is 22.3 Å². The van der Waals surface area contributed by atoms with Crippen molar-refractivity contribution in [1.82, 2.24) is 20.9 Å². The lowest BCUT2D eigenvalue weighted by Gasteiger charge is -2.37. The highest BCUT2D eigenvalue weighted by molar-refractivity contribution is 5.87. The Balaban J connectivity index is 1.77. The maximum Gasteiger partial charge on any atom is 0.318 e. The van der Waals surface area contributed by atoms with Crippen molar-refractivity contribution in [2.75, 3.05) is 19.6 Å². The Morgan fingerprint density at radius 2 is 1.61 bits per heavy atom. The van der Waals surface area contributed by atoms with E-state index < -0.39 is 124 Å². The molecular formula is C37H48N4O5. The number of hydrogen-bond donors (Lipinski definition) is 4. The fourth-order valence-corrected chi connectivity index (χ4v) is 4.71. The van der Waals surface area contributed by atoms with Crippen molar-refractivity contribution in [2.24, 2.45) is 5.92 Å². The zero-order chi connectivity index (χ0) is 47.0. The van der Waals surface area contributed by atoms with Gasteiger partial charge in [-0.1, -0.05) is 92.7 Å². The minimum absolute atomic E-state index is 0.0628. The number of carbonyl (C=O) groups is 3. The van der Waals surface area contributed by atoms with Crippen LogP contribution in [0.4, 0.5) is 4.79 Å². The largest absolute Gasteiger partial charge is 0.483 e. The average molecular weight is 645 g/mol. The number of nitrogens with zero attached hydrogens (tertiary/aromatic N) is 1. The lowest BCUT2D eigenvalue weighted by atomic mass is 9.92. The molecule has 3 aromatic carbocycles. The van der Waals surface area contributed by atoms with Crippen LogP contribution in [0, 0.1) is 19.6 Å². The summed E-state index contributed by atoms with van der Waals surface area (Å²) in [5, 5.41) is 18.5. The molecular weight excluding hydrogens is 580 g/mol. The summed E-state index contributed by atoms with van der Waals surface area (Å²) < 4.78 is 139. The van der Waals surface area contributed by atoms with Crippen molar-refractivity contribution >= 4 is 17.8 Å². The molecule has 9 heteroatoms. The smallest absolute Gasteiger partial charge is 0.318 e. The van der Waals surface area contributed by atoms with Crippen LogP contribution in [0.3, 0.4) is 0 Å². The van der Waals surface area contributed by atoms with Gasteiger partial charge in [-0.05, 0) is 67.4 Å². The van der Waals surface area contributed by atoms with Crippen LogP contribution < -0.4 is 20.7 Å². The number of hydrogen-bond acceptors (Lipinski definition) is 5. The van der Waals surface area contributed by atoms with Crippen molar-refractivity contribution in [3.05, 3.63) is 101 Å². The molecule has 1 saturated heterocycles. The van der Waals surface area contributed by atoms with Crippen molar-refractivity contribution in [2.45, 2.75) is 77.3 Å². The number of carbonyl (C=O) groups excluding carboxylic acids is 3. The van der Waals surface area contributed by atoms with Crippen molar-refractivity contribution in [3.63, 3.8) is 0 Å². The van der Waals surface area contributed by atoms with Gasteiger partial charge in [0.2, 0.25) is 5.91 Å². The molecule has 1 aliphatic heterocycles. The Bertz CT molecular complexity index is 2040. The van der Waals surface area contributed by atoms with E-state index in [9.17, 15) is 22.2 Å². The Kier molecular flexibility index (Phi) is 6.83. The van der Waals surface area contributed by atoms with Gasteiger partial charge in [0.25, 0.3) is 5.91 Å². The molecule has 9 nitrogen and oxygen atoms in total. The van der Waals surface area contributed by atoms with E-state index in [0.29, 0.717) is 0 Å². The van der Waals surface area contributed by atoms with Crippen LogP contribution in [0.2, 0.25) is 0 Å². The molecule has 0 saturated carbocycles. The summed E-state index contributed by atoms with van der Waals surface area (Å²) in [7, 11) is 0. The van der Waals surface area contributed by atoms with E-state index in [4.69, 9.17) is 23.9 Å². The van der Waals surface area contributed by atoms with Gasteiger partial charge in [-0.2, -0.15) is 0 Å². The first-order valence-electron chi connectivity index (χ1n) is 22.6. The first-order chi connectivity index (χ1) is 28.3. The molecule has 4 amide bonds. The quantitative estimate of drug-likeness (QED) is 0.196. The van der Waals surface area contributed by atoms with Gasteiger partial charge in [0.05, 0.1) is 12.1 Å². The number of rotatable bonds is 15. The minimum Gasteiger partial charge on any atom is -0.483 e. The summed E-state index contributed by atoms with van der Waals surface area (Å²) in [6.07, 6.45) is -11.8. The number of aliphatic hydroxyl groups is 1. The monoisotopic (exact) mass is 644 g/mol. The minimum atomic E-state index is -3.46. The third-order valence-corrected chi connectivity index (χ3v) is 6.87. The molecule has 46 heavy (non-hydrogen) atoms. The summed E-state index contributed by atoms with van der Waals surface area (Å²) in [5.41, 5.74) is -1.20. The van der Waals surface area contributed by atoms with Crippen molar-refractivity contribution in [1.29, 1.82) is 0 Å². The number of amides is 4. The van der Waals surface area contributed by atoms with Gasteiger partial charge in [-0.15, -0.1) is 0 Å². The SMILES string of the molecule is [2H]C([2H])([2H])c1cccc(C([2H])([2H])[2H])c1OCC(=O)N[C@H]([C@@H](O)C[C@@H](NC(=O)[C@H](C(C)C)N1C(=O)NC([2H])([2H])C([2H])([2H])C1([2H])[2H])C([2H])([2H])c1ccccc1)C([2H])([2H])c1ccccc1. The molecule has 0 bridgehead atoms. The van der Waals surface area contributed by atoms with Crippen LogP contribution in [0.25, 0.3) is 0 Å². The average Bonchev–Trinajstić information content (AvgIpc) is 3.16. The summed E-state index contributed by atoms with van der Waals surface area (Å²) in [5.74, 6) is -4.10. The lowest BCUT2D eigenvalue weighted by molar-refractivity contribution is -0.128. The molecule has 4 rings (SSSR count). The summed E-state index contributed by atoms with van der Waals surface area (Å²) in [6.45, 7) is -10.8. The Hall–Kier alpha value is -4.37. The highest BCUT2D eigenvalue weighted by atomic mass is 16.5. The third-order valence-electron chi connectivity index (χ3n) is 6.87. The molecule has 0 radical (unpaired) electrons. The van der Waals surface area contributed by atoms with E-state index in [1.807, 2.05) is 0 Å². The number of aliphatic hydroxyl groups excluding tert-OH is 1. The van der Waals surface area contributed by atoms with E-state index >= 15 is 0 Å². The zero-order valence-corrected chi connectivity index (χ0v) is 25.3. The standard InChI is InChI=1S/C37H48N4O5/c1-25(2)34(41-20-12-19-38-37(41)45)36(44)39-30(21-28-15-7-5-8-16-28)23-32(42)31(22-29-17-9-6-10-18-29)40-33(43)24-46-35-26(3)13-11-14-27(35)4/h5-11,13-18,25,30-32,34,42H,12,19-24H2,1-4H3,(H,38,45)(H,39,44)(H,40,43)/t30-,31-,32-,34-/m0/s1/i3D3,4D3,12D2,19D2,20D2,21D2,22D2. The molecule has 0 spiro atoms. The summed E-state index contributed by atoms with van der Waals surface area (Å²) in [6, 6.07) is 10.5. The number of benzene rings is 3. The third kappa shape index (κ3) is 9.81. The molecule has 4 atom stereocenters. The van der Waals surface area contributed by atoms with Crippen LogP contribution >= 0.6 is 0 Å². The van der Waals surface area contributed by atoms with Crippen LogP contribution in [0.1, 0.15) is 70.8 Å². The fraction of sp³-hybridized carbons (Fsp3) is 0.432. The Labute approximate surface area is 295 Å². The van der Waals surface area contributed by atoms with E-state index in [-0.39, 0.29) is 16.0 Å². The van der Waals surface area contributed by atoms with Gasteiger partial charge in [-0.3, -0.25) is 9.59 Å². The Morgan fingerprint density at radius 3 is 2.22 bits per heavy atom. The van der Waals surface area contributed by atoms with Crippen molar-refractivity contribution < 1.29 is 46.2 Å². The highest BCUT2D eigenvalue weighted by Crippen LogP contribution is 2.22. The van der Waals surface area contributed by atoms with Crippen LogP contribution in [-0.4, -0.2) is 71.7 Å². The predicted octanol–water partition coefficient (Wildman–Crippen LogP) is 4.33. The molecule has 1 aliphatic rings. The first kappa shape index (κ1) is 18.7. The second-order valence-corrected chi connectivity index (χ2v) is 10.8. The summed E-state index contributed by atoms with van der Waals surface area (Å²) >= 11 is 0. The number of nitrogens with one attached hydrogen (secondary N) is 3. The molecule has 0 aliphatic carbocycles. The Morgan fingerprint density at radius 1 is 0.978 bits per heavy atom. The van der Waals surface area contributed by atoms with E-state index in [0.717, 1.165) is 12.1 Å². The van der Waals surface area contributed by atoms with Gasteiger partial charge in [-0.25, -0.2) is 4.79 Å². The van der Waals surface area contributed by atoms with E-state index in [2.05, 4.69) is 10.6 Å².